The molecule has 2 aromatic rings. The summed E-state index contributed by atoms with van der Waals surface area (Å²) in [5.74, 6) is -0.608. The fraction of sp³-hybridized carbons (Fsp3) is 0.167. The first kappa shape index (κ1) is 17.7. The third-order valence-corrected chi connectivity index (χ3v) is 3.70. The van der Waals surface area contributed by atoms with Crippen molar-refractivity contribution in [1.29, 1.82) is 5.26 Å². The molecule has 11 heteroatoms. The lowest BCUT2D eigenvalue weighted by Gasteiger charge is -2.13. The van der Waals surface area contributed by atoms with Gasteiger partial charge in [-0.2, -0.15) is 10.4 Å². The van der Waals surface area contributed by atoms with Crippen molar-refractivity contribution in [1.82, 2.24) is 9.78 Å². The number of alkyl halides is 4. The molecule has 0 aliphatic carbocycles. The predicted octanol–water partition coefficient (Wildman–Crippen LogP) is 4.97. The summed E-state index contributed by atoms with van der Waals surface area (Å²) in [7, 11) is 0. The van der Waals surface area contributed by atoms with Gasteiger partial charge in [-0.15, -0.1) is 13.2 Å². The minimum Gasteiger partial charge on any atom is -0.406 e. The average Bonchev–Trinajstić information content (AvgIpc) is 2.79. The molecule has 23 heavy (non-hydrogen) atoms. The zero-order chi connectivity index (χ0) is 17.2. The van der Waals surface area contributed by atoms with Crippen LogP contribution in [-0.2, 0) is 0 Å². The number of ether oxygens (including phenoxy) is 1. The number of thioether (sulfide) groups is 1. The first-order chi connectivity index (χ1) is 10.7. The van der Waals surface area contributed by atoms with Crippen molar-refractivity contribution in [2.75, 3.05) is 6.01 Å². The molecule has 0 aliphatic rings. The molecule has 0 saturated heterocycles. The maximum absolute atomic E-state index is 12.6. The molecule has 0 N–H and O–H groups in total. The highest BCUT2D eigenvalue weighted by Crippen LogP contribution is 2.37. The summed E-state index contributed by atoms with van der Waals surface area (Å²) in [5.41, 5.74) is -0.0102. The van der Waals surface area contributed by atoms with Crippen LogP contribution in [0.2, 0.25) is 10.0 Å². The zero-order valence-corrected chi connectivity index (χ0v) is 13.2. The molecule has 0 atom stereocenters. The van der Waals surface area contributed by atoms with Gasteiger partial charge in [0.25, 0.3) is 0 Å². The third-order valence-electron chi connectivity index (χ3n) is 2.43. The zero-order valence-electron chi connectivity index (χ0n) is 10.9. The fourth-order valence-electron chi connectivity index (χ4n) is 1.67. The van der Waals surface area contributed by atoms with Gasteiger partial charge in [0, 0.05) is 18.2 Å². The van der Waals surface area contributed by atoms with Crippen LogP contribution in [0, 0.1) is 11.3 Å². The Hall–Kier alpha value is -1.63. The van der Waals surface area contributed by atoms with Crippen LogP contribution in [0.1, 0.15) is 5.69 Å². The van der Waals surface area contributed by atoms with Crippen molar-refractivity contribution >= 4 is 35.0 Å². The number of benzene rings is 1. The molecular weight excluding hydrogens is 381 g/mol. The Kier molecular flexibility index (Phi) is 5.29. The topological polar surface area (TPSA) is 50.8 Å². The second-order valence-electron chi connectivity index (χ2n) is 3.93. The van der Waals surface area contributed by atoms with E-state index in [-0.39, 0.29) is 26.5 Å². The normalized spacial score (nSPS) is 11.3. The maximum atomic E-state index is 12.6. The van der Waals surface area contributed by atoms with Crippen molar-refractivity contribution in [2.24, 2.45) is 0 Å². The summed E-state index contributed by atoms with van der Waals surface area (Å²) in [6.45, 7) is 0. The molecule has 1 aromatic heterocycles. The van der Waals surface area contributed by atoms with Gasteiger partial charge in [-0.05, 0) is 0 Å². The smallest absolute Gasteiger partial charge is 0.406 e. The summed E-state index contributed by atoms with van der Waals surface area (Å²) in [4.78, 5) is 0. The van der Waals surface area contributed by atoms with E-state index >= 15 is 0 Å². The Morgan fingerprint density at radius 2 is 1.87 bits per heavy atom. The van der Waals surface area contributed by atoms with Gasteiger partial charge in [-0.1, -0.05) is 35.0 Å². The molecule has 4 nitrogen and oxygen atoms in total. The van der Waals surface area contributed by atoms with Crippen LogP contribution >= 0.6 is 35.0 Å². The van der Waals surface area contributed by atoms with Crippen LogP contribution in [0.15, 0.2) is 23.2 Å². The largest absolute Gasteiger partial charge is 0.573 e. The third kappa shape index (κ3) is 4.22. The van der Waals surface area contributed by atoms with Crippen LogP contribution in [0.5, 0.6) is 5.75 Å². The van der Waals surface area contributed by atoms with E-state index in [1.54, 1.807) is 6.07 Å². The first-order valence-electron chi connectivity index (χ1n) is 5.69. The van der Waals surface area contributed by atoms with Gasteiger partial charge < -0.3 is 4.74 Å². The van der Waals surface area contributed by atoms with Gasteiger partial charge in [-0.3, -0.25) is 0 Å². The lowest BCUT2D eigenvalue weighted by Crippen LogP contribution is -2.17. The van der Waals surface area contributed by atoms with Crippen LogP contribution in [0.25, 0.3) is 5.69 Å². The minimum atomic E-state index is -4.90. The van der Waals surface area contributed by atoms with E-state index in [2.05, 4.69) is 9.84 Å². The number of aromatic nitrogens is 2. The van der Waals surface area contributed by atoms with E-state index in [0.717, 1.165) is 28.6 Å². The van der Waals surface area contributed by atoms with Crippen molar-refractivity contribution in [2.45, 2.75) is 11.4 Å². The number of hydrogen-bond acceptors (Lipinski definition) is 4. The number of halogens is 6. The average molecular weight is 386 g/mol. The van der Waals surface area contributed by atoms with E-state index < -0.39 is 18.1 Å². The monoisotopic (exact) mass is 385 g/mol. The van der Waals surface area contributed by atoms with Crippen LogP contribution < -0.4 is 4.74 Å². The SMILES string of the molecule is N#Cc1cc(SCF)n(-c2c(Cl)cc(OC(F)(F)F)cc2Cl)n1. The first-order valence-corrected chi connectivity index (χ1v) is 7.43. The van der Waals surface area contributed by atoms with Crippen LogP contribution in [0.4, 0.5) is 17.6 Å². The number of nitrogens with zero attached hydrogens (tertiary/aromatic N) is 3. The van der Waals surface area contributed by atoms with Gasteiger partial charge in [0.2, 0.25) is 0 Å². The summed E-state index contributed by atoms with van der Waals surface area (Å²) < 4.78 is 54.1. The highest BCUT2D eigenvalue weighted by atomic mass is 35.5. The molecule has 1 heterocycles. The predicted molar refractivity (Wildman–Crippen MR) is 76.8 cm³/mol. The minimum absolute atomic E-state index is 0.0142. The number of hydrogen-bond donors (Lipinski definition) is 0. The molecule has 0 fully saturated rings. The fourth-order valence-corrected chi connectivity index (χ4v) is 2.86. The van der Waals surface area contributed by atoms with Gasteiger partial charge in [-0.25, -0.2) is 9.07 Å². The summed E-state index contributed by atoms with van der Waals surface area (Å²) >= 11 is 12.6. The molecule has 0 spiro atoms. The molecule has 0 saturated carbocycles. The Balaban J connectivity index is 2.53. The molecule has 0 amide bonds. The Morgan fingerprint density at radius 1 is 1.26 bits per heavy atom. The van der Waals surface area contributed by atoms with Crippen LogP contribution in [-0.4, -0.2) is 22.1 Å². The molecule has 0 bridgehead atoms. The van der Waals surface area contributed by atoms with E-state index in [9.17, 15) is 17.6 Å². The summed E-state index contributed by atoms with van der Waals surface area (Å²) in [5, 5.41) is 12.6. The highest BCUT2D eigenvalue weighted by molar-refractivity contribution is 7.99. The second-order valence-corrected chi connectivity index (χ2v) is 5.67. The summed E-state index contributed by atoms with van der Waals surface area (Å²) in [6, 6.07) is 4.06. The highest BCUT2D eigenvalue weighted by Gasteiger charge is 2.32. The van der Waals surface area contributed by atoms with Crippen molar-refractivity contribution in [3.05, 3.63) is 33.9 Å². The molecule has 2 rings (SSSR count). The van der Waals surface area contributed by atoms with E-state index in [4.69, 9.17) is 28.5 Å². The molecular formula is C12H5Cl2F4N3OS. The van der Waals surface area contributed by atoms with Gasteiger partial charge in [0.05, 0.1) is 10.0 Å². The Labute approximate surface area is 141 Å². The van der Waals surface area contributed by atoms with Crippen molar-refractivity contribution in [3.63, 3.8) is 0 Å². The van der Waals surface area contributed by atoms with Crippen molar-refractivity contribution in [3.8, 4) is 17.5 Å². The van der Waals surface area contributed by atoms with E-state index in [0.29, 0.717) is 0 Å². The van der Waals surface area contributed by atoms with Gasteiger partial charge >= 0.3 is 6.36 Å². The second kappa shape index (κ2) is 6.86. The maximum Gasteiger partial charge on any atom is 0.573 e. The standard InChI is InChI=1S/C12H5Cl2F4N3OS/c13-8-2-7(22-12(16,17)18)3-9(14)11(8)21-10(23-5-15)1-6(4-19)20-21/h1-3H,5H2. The quantitative estimate of drug-likeness (QED) is 0.550. The van der Waals surface area contributed by atoms with E-state index in [1.807, 2.05) is 0 Å². The Bertz CT molecular complexity index is 750. The van der Waals surface area contributed by atoms with Crippen molar-refractivity contribution < 1.29 is 22.3 Å². The molecule has 122 valence electrons. The molecule has 0 unspecified atom stereocenters. The molecule has 0 aliphatic heterocycles. The molecule has 0 radical (unpaired) electrons. The number of nitriles is 1. The lowest BCUT2D eigenvalue weighted by molar-refractivity contribution is -0.274. The van der Waals surface area contributed by atoms with E-state index in [1.165, 1.54) is 6.07 Å². The lowest BCUT2D eigenvalue weighted by atomic mass is 10.3. The molecule has 1 aromatic carbocycles. The van der Waals surface area contributed by atoms with Crippen LogP contribution in [0.3, 0.4) is 0 Å². The summed E-state index contributed by atoms with van der Waals surface area (Å²) in [6.07, 6.45) is -4.90. The van der Waals surface area contributed by atoms with Gasteiger partial charge in [0.1, 0.15) is 28.5 Å². The Morgan fingerprint density at radius 3 is 2.35 bits per heavy atom. The van der Waals surface area contributed by atoms with Gasteiger partial charge in [0.15, 0.2) is 5.69 Å². The number of rotatable bonds is 4.